The Bertz CT molecular complexity index is 1330. The third kappa shape index (κ3) is 2.86. The molecule has 0 bridgehead atoms. The Hall–Kier alpha value is -3.44. The largest absolute Gasteiger partial charge is 0.340 e. The monoisotopic (exact) mass is 385 g/mol. The molecule has 136 valence electrons. The number of hydrogen-bond donors (Lipinski definition) is 2. The van der Waals surface area contributed by atoms with E-state index in [2.05, 4.69) is 28.5 Å². The molecule has 0 amide bonds. The Balaban J connectivity index is 1.70. The van der Waals surface area contributed by atoms with Gasteiger partial charge in [-0.15, -0.1) is 0 Å². The molecule has 0 saturated heterocycles. The van der Waals surface area contributed by atoms with Crippen LogP contribution in [0.3, 0.4) is 0 Å². The lowest BCUT2D eigenvalue weighted by molar-refractivity contribution is 1.12. The van der Waals surface area contributed by atoms with Gasteiger partial charge in [0.25, 0.3) is 0 Å². The van der Waals surface area contributed by atoms with E-state index in [1.54, 1.807) is 6.20 Å². The van der Waals surface area contributed by atoms with Crippen LogP contribution in [0.2, 0.25) is 5.02 Å². The second kappa shape index (κ2) is 6.62. The molecule has 0 fully saturated rings. The van der Waals surface area contributed by atoms with Crippen molar-refractivity contribution in [2.75, 3.05) is 5.32 Å². The molecule has 5 aromatic rings. The van der Waals surface area contributed by atoms with Crippen molar-refractivity contribution in [3.63, 3.8) is 0 Å². The molecule has 0 saturated carbocycles. The van der Waals surface area contributed by atoms with E-state index >= 15 is 0 Å². The molecule has 0 aliphatic carbocycles. The molecule has 0 unspecified atom stereocenters. The van der Waals surface area contributed by atoms with Gasteiger partial charge in [0.1, 0.15) is 5.82 Å². The summed E-state index contributed by atoms with van der Waals surface area (Å²) in [5, 5.41) is 12.9. The van der Waals surface area contributed by atoms with Crippen LogP contribution in [0.1, 0.15) is 5.56 Å². The highest BCUT2D eigenvalue weighted by Crippen LogP contribution is 2.33. The summed E-state index contributed by atoms with van der Waals surface area (Å²) in [6, 6.07) is 19.8. The van der Waals surface area contributed by atoms with Crippen molar-refractivity contribution < 1.29 is 0 Å². The molecule has 2 heterocycles. The molecule has 0 spiro atoms. The predicted octanol–water partition coefficient (Wildman–Crippen LogP) is 5.88. The second-order valence-corrected chi connectivity index (χ2v) is 7.05. The minimum Gasteiger partial charge on any atom is -0.340 e. The molecule has 3 aromatic carbocycles. The quantitative estimate of drug-likeness (QED) is 0.407. The summed E-state index contributed by atoms with van der Waals surface area (Å²) in [7, 11) is 0. The van der Waals surface area contributed by atoms with Gasteiger partial charge >= 0.3 is 0 Å². The summed E-state index contributed by atoms with van der Waals surface area (Å²) >= 11 is 6.50. The Morgan fingerprint density at radius 1 is 0.964 bits per heavy atom. The van der Waals surface area contributed by atoms with Crippen molar-refractivity contribution in [3.8, 4) is 11.4 Å². The Morgan fingerprint density at radius 2 is 1.86 bits per heavy atom. The van der Waals surface area contributed by atoms with Crippen LogP contribution in [-0.4, -0.2) is 20.2 Å². The van der Waals surface area contributed by atoms with Crippen LogP contribution in [0.5, 0.6) is 0 Å². The predicted molar refractivity (Wildman–Crippen MR) is 114 cm³/mol. The number of rotatable bonds is 3. The van der Waals surface area contributed by atoms with E-state index in [0.29, 0.717) is 16.7 Å². The van der Waals surface area contributed by atoms with Crippen LogP contribution in [0.4, 0.5) is 11.5 Å². The molecular weight excluding hydrogens is 370 g/mol. The Kier molecular flexibility index (Phi) is 3.95. The molecule has 2 N–H and O–H groups in total. The number of nitrogens with zero attached hydrogens (tertiary/aromatic N) is 3. The molecule has 5 rings (SSSR count). The molecule has 0 aliphatic heterocycles. The van der Waals surface area contributed by atoms with Gasteiger partial charge in [-0.05, 0) is 42.8 Å². The van der Waals surface area contributed by atoms with Crippen LogP contribution in [0, 0.1) is 6.92 Å². The van der Waals surface area contributed by atoms with Gasteiger partial charge in [0.2, 0.25) is 0 Å². The fourth-order valence-electron chi connectivity index (χ4n) is 3.33. The van der Waals surface area contributed by atoms with Crippen molar-refractivity contribution in [2.45, 2.75) is 6.92 Å². The zero-order chi connectivity index (χ0) is 19.1. The number of benzene rings is 3. The second-order valence-electron chi connectivity index (χ2n) is 6.64. The summed E-state index contributed by atoms with van der Waals surface area (Å²) in [6.07, 6.45) is 1.80. The zero-order valence-corrected chi connectivity index (χ0v) is 15.8. The molecule has 0 atom stereocenters. The zero-order valence-electron chi connectivity index (χ0n) is 15.1. The van der Waals surface area contributed by atoms with Crippen molar-refractivity contribution >= 4 is 44.9 Å². The smallest absolute Gasteiger partial charge is 0.162 e. The lowest BCUT2D eigenvalue weighted by Crippen LogP contribution is -2.00. The standard InChI is InChI=1S/C22H16ClN5/c1-13-5-2-3-6-16(13)21-26-19-8-4-7-17(23)20(19)22(27-21)25-15-9-10-18-14(11-15)12-24-28-18/h2-12H,1H3,(H,24,28)(H,25,26,27). The highest BCUT2D eigenvalue weighted by molar-refractivity contribution is 6.36. The van der Waals surface area contributed by atoms with Crippen LogP contribution < -0.4 is 5.32 Å². The fourth-order valence-corrected chi connectivity index (χ4v) is 3.59. The lowest BCUT2D eigenvalue weighted by Gasteiger charge is -2.13. The van der Waals surface area contributed by atoms with Gasteiger partial charge < -0.3 is 5.32 Å². The highest BCUT2D eigenvalue weighted by atomic mass is 35.5. The molecule has 2 aromatic heterocycles. The first kappa shape index (κ1) is 16.7. The number of nitrogens with one attached hydrogen (secondary N) is 2. The maximum atomic E-state index is 6.50. The lowest BCUT2D eigenvalue weighted by atomic mass is 10.1. The first-order chi connectivity index (χ1) is 13.7. The number of aryl methyl sites for hydroxylation is 1. The first-order valence-electron chi connectivity index (χ1n) is 8.91. The van der Waals surface area contributed by atoms with Gasteiger partial charge in [0.05, 0.1) is 27.6 Å². The first-order valence-corrected chi connectivity index (χ1v) is 9.29. The third-order valence-corrected chi connectivity index (χ3v) is 5.08. The molecule has 5 nitrogen and oxygen atoms in total. The van der Waals surface area contributed by atoms with Crippen molar-refractivity contribution in [2.24, 2.45) is 0 Å². The maximum Gasteiger partial charge on any atom is 0.162 e. The minimum absolute atomic E-state index is 0.612. The molecule has 6 heteroatoms. The number of hydrogen-bond acceptors (Lipinski definition) is 4. The third-order valence-electron chi connectivity index (χ3n) is 4.76. The van der Waals surface area contributed by atoms with Crippen LogP contribution in [0.25, 0.3) is 33.2 Å². The summed E-state index contributed by atoms with van der Waals surface area (Å²) in [5.74, 6) is 1.34. The molecule has 0 radical (unpaired) electrons. The average Bonchev–Trinajstić information content (AvgIpc) is 3.16. The van der Waals surface area contributed by atoms with E-state index < -0.39 is 0 Å². The van der Waals surface area contributed by atoms with E-state index in [0.717, 1.165) is 38.6 Å². The van der Waals surface area contributed by atoms with Gasteiger partial charge in [-0.3, -0.25) is 5.10 Å². The molecule has 0 aliphatic rings. The van der Waals surface area contributed by atoms with E-state index in [9.17, 15) is 0 Å². The van der Waals surface area contributed by atoms with E-state index in [-0.39, 0.29) is 0 Å². The number of fused-ring (bicyclic) bond motifs is 2. The summed E-state index contributed by atoms with van der Waals surface area (Å²) in [6.45, 7) is 2.06. The number of aromatic amines is 1. The van der Waals surface area contributed by atoms with Crippen molar-refractivity contribution in [1.29, 1.82) is 0 Å². The van der Waals surface area contributed by atoms with Crippen LogP contribution >= 0.6 is 11.6 Å². The van der Waals surface area contributed by atoms with Gasteiger partial charge in [0.15, 0.2) is 5.82 Å². The number of halogens is 1. The highest BCUT2D eigenvalue weighted by Gasteiger charge is 2.14. The van der Waals surface area contributed by atoms with Crippen molar-refractivity contribution in [1.82, 2.24) is 20.2 Å². The number of aromatic nitrogens is 4. The van der Waals surface area contributed by atoms with Gasteiger partial charge in [-0.2, -0.15) is 5.10 Å². The topological polar surface area (TPSA) is 66.5 Å². The van der Waals surface area contributed by atoms with Gasteiger partial charge in [0, 0.05) is 16.6 Å². The van der Waals surface area contributed by atoms with Crippen LogP contribution in [-0.2, 0) is 0 Å². The fraction of sp³-hybridized carbons (Fsp3) is 0.0455. The molecular formula is C22H16ClN5. The Labute approximate surface area is 166 Å². The summed E-state index contributed by atoms with van der Waals surface area (Å²) in [4.78, 5) is 9.59. The minimum atomic E-state index is 0.612. The normalized spacial score (nSPS) is 11.2. The van der Waals surface area contributed by atoms with Gasteiger partial charge in [-0.25, -0.2) is 9.97 Å². The summed E-state index contributed by atoms with van der Waals surface area (Å²) < 4.78 is 0. The van der Waals surface area contributed by atoms with Crippen molar-refractivity contribution in [3.05, 3.63) is 77.4 Å². The number of H-pyrrole nitrogens is 1. The number of anilines is 2. The average molecular weight is 386 g/mol. The van der Waals surface area contributed by atoms with Gasteiger partial charge in [-0.1, -0.05) is 41.9 Å². The molecule has 28 heavy (non-hydrogen) atoms. The Morgan fingerprint density at radius 3 is 2.75 bits per heavy atom. The summed E-state index contributed by atoms with van der Waals surface area (Å²) in [5.41, 5.74) is 4.81. The van der Waals surface area contributed by atoms with E-state index in [4.69, 9.17) is 21.6 Å². The SMILES string of the molecule is Cc1ccccc1-c1nc(Nc2ccc3[nH]ncc3c2)c2c(Cl)cccc2n1. The maximum absolute atomic E-state index is 6.50. The van der Waals surface area contributed by atoms with Crippen LogP contribution in [0.15, 0.2) is 66.9 Å². The van der Waals surface area contributed by atoms with E-state index in [1.165, 1.54) is 0 Å². The van der Waals surface area contributed by atoms with E-state index in [1.807, 2.05) is 54.6 Å².